The third-order valence-corrected chi connectivity index (χ3v) is 3.68. The van der Waals surface area contributed by atoms with Crippen LogP contribution < -0.4 is 0 Å². The molecule has 2 atom stereocenters. The Morgan fingerprint density at radius 1 is 1.50 bits per heavy atom. The zero-order chi connectivity index (χ0) is 14.7. The number of esters is 1. The van der Waals surface area contributed by atoms with Crippen molar-refractivity contribution in [3.63, 3.8) is 0 Å². The number of benzene rings is 1. The standard InChI is InChI=1S/C15H18FNO3/c1-10(9-11-5-3-4-6-12(11)16)17-13(15(19)20-2)7-8-14(17)18/h3-6,10,13H,7-9H2,1-2H3. The van der Waals surface area contributed by atoms with Gasteiger partial charge in [-0.3, -0.25) is 4.79 Å². The van der Waals surface area contributed by atoms with Crippen molar-refractivity contribution in [3.8, 4) is 0 Å². The Morgan fingerprint density at radius 2 is 2.20 bits per heavy atom. The van der Waals surface area contributed by atoms with Crippen LogP contribution in [0.15, 0.2) is 24.3 Å². The molecule has 1 aromatic carbocycles. The van der Waals surface area contributed by atoms with E-state index >= 15 is 0 Å². The minimum atomic E-state index is -0.547. The summed E-state index contributed by atoms with van der Waals surface area (Å²) < 4.78 is 18.4. The van der Waals surface area contributed by atoms with Crippen LogP contribution in [-0.2, 0) is 20.7 Å². The molecule has 1 heterocycles. The van der Waals surface area contributed by atoms with Gasteiger partial charge >= 0.3 is 5.97 Å². The fourth-order valence-electron chi connectivity index (χ4n) is 2.70. The van der Waals surface area contributed by atoms with Crippen molar-refractivity contribution in [2.24, 2.45) is 0 Å². The first-order chi connectivity index (χ1) is 9.54. The number of carbonyl (C=O) groups excluding carboxylic acids is 2. The number of amides is 1. The maximum absolute atomic E-state index is 13.7. The quantitative estimate of drug-likeness (QED) is 0.791. The van der Waals surface area contributed by atoms with Crippen molar-refractivity contribution in [3.05, 3.63) is 35.6 Å². The molecule has 0 N–H and O–H groups in total. The summed E-state index contributed by atoms with van der Waals surface area (Å²) in [5, 5.41) is 0. The number of hydrogen-bond donors (Lipinski definition) is 0. The molecule has 0 aliphatic carbocycles. The van der Waals surface area contributed by atoms with Crippen LogP contribution in [0.25, 0.3) is 0 Å². The van der Waals surface area contributed by atoms with Crippen LogP contribution in [0.1, 0.15) is 25.3 Å². The van der Waals surface area contributed by atoms with Gasteiger partial charge in [-0.1, -0.05) is 18.2 Å². The van der Waals surface area contributed by atoms with E-state index in [4.69, 9.17) is 4.74 Å². The molecule has 1 amide bonds. The van der Waals surface area contributed by atoms with Gasteiger partial charge in [-0.25, -0.2) is 9.18 Å². The summed E-state index contributed by atoms with van der Waals surface area (Å²) in [5.74, 6) is -0.777. The van der Waals surface area contributed by atoms with Crippen LogP contribution >= 0.6 is 0 Å². The van der Waals surface area contributed by atoms with Gasteiger partial charge in [0.05, 0.1) is 7.11 Å². The van der Waals surface area contributed by atoms with Crippen LogP contribution in [0.4, 0.5) is 4.39 Å². The van der Waals surface area contributed by atoms with E-state index in [9.17, 15) is 14.0 Å². The van der Waals surface area contributed by atoms with Crippen molar-refractivity contribution in [2.45, 2.75) is 38.3 Å². The lowest BCUT2D eigenvalue weighted by Crippen LogP contribution is -2.45. The molecule has 1 aromatic rings. The SMILES string of the molecule is COC(=O)C1CCC(=O)N1C(C)Cc1ccccc1F. The monoisotopic (exact) mass is 279 g/mol. The van der Waals surface area contributed by atoms with Gasteiger partial charge in [0.1, 0.15) is 11.9 Å². The smallest absolute Gasteiger partial charge is 0.328 e. The highest BCUT2D eigenvalue weighted by Crippen LogP contribution is 2.24. The Bertz CT molecular complexity index is 518. The average Bonchev–Trinajstić information content (AvgIpc) is 2.82. The molecule has 20 heavy (non-hydrogen) atoms. The minimum Gasteiger partial charge on any atom is -0.467 e. The highest BCUT2D eigenvalue weighted by atomic mass is 19.1. The Morgan fingerprint density at radius 3 is 2.85 bits per heavy atom. The van der Waals surface area contributed by atoms with Gasteiger partial charge in [-0.05, 0) is 31.4 Å². The van der Waals surface area contributed by atoms with Crippen LogP contribution in [-0.4, -0.2) is 36.0 Å². The molecule has 0 spiro atoms. The van der Waals surface area contributed by atoms with E-state index in [1.165, 1.54) is 18.1 Å². The highest BCUT2D eigenvalue weighted by Gasteiger charge is 2.39. The van der Waals surface area contributed by atoms with Gasteiger partial charge in [0.2, 0.25) is 5.91 Å². The number of likely N-dealkylation sites (tertiary alicyclic amines) is 1. The molecule has 0 bridgehead atoms. The van der Waals surface area contributed by atoms with E-state index in [0.717, 1.165) is 0 Å². The number of carbonyl (C=O) groups is 2. The fraction of sp³-hybridized carbons (Fsp3) is 0.467. The first kappa shape index (κ1) is 14.5. The normalized spacial score (nSPS) is 20.1. The first-order valence-electron chi connectivity index (χ1n) is 6.67. The molecule has 5 heteroatoms. The molecular weight excluding hydrogens is 261 g/mol. The van der Waals surface area contributed by atoms with E-state index < -0.39 is 12.0 Å². The Kier molecular flexibility index (Phi) is 4.37. The van der Waals surface area contributed by atoms with Crippen molar-refractivity contribution in [2.75, 3.05) is 7.11 Å². The first-order valence-corrected chi connectivity index (χ1v) is 6.67. The van der Waals surface area contributed by atoms with E-state index in [-0.39, 0.29) is 17.8 Å². The van der Waals surface area contributed by atoms with Gasteiger partial charge in [0, 0.05) is 12.5 Å². The van der Waals surface area contributed by atoms with E-state index in [1.54, 1.807) is 18.2 Å². The minimum absolute atomic E-state index is 0.0794. The average molecular weight is 279 g/mol. The number of ether oxygens (including phenoxy) is 1. The molecule has 2 unspecified atom stereocenters. The van der Waals surface area contributed by atoms with Gasteiger partial charge < -0.3 is 9.64 Å². The predicted octanol–water partition coefficient (Wildman–Crippen LogP) is 1.92. The summed E-state index contributed by atoms with van der Waals surface area (Å²) in [6, 6.07) is 5.68. The zero-order valence-electron chi connectivity index (χ0n) is 11.6. The molecule has 2 rings (SSSR count). The molecule has 4 nitrogen and oxygen atoms in total. The fourth-order valence-corrected chi connectivity index (χ4v) is 2.70. The van der Waals surface area contributed by atoms with Crippen LogP contribution in [0.5, 0.6) is 0 Å². The number of nitrogens with zero attached hydrogens (tertiary/aromatic N) is 1. The molecule has 1 aliphatic heterocycles. The van der Waals surface area contributed by atoms with Crippen LogP contribution in [0.2, 0.25) is 0 Å². The van der Waals surface area contributed by atoms with Crippen molar-refractivity contribution < 1.29 is 18.7 Å². The second kappa shape index (κ2) is 6.03. The summed E-state index contributed by atoms with van der Waals surface area (Å²) in [6.07, 6.45) is 1.18. The Hall–Kier alpha value is -1.91. The summed E-state index contributed by atoms with van der Waals surface area (Å²) in [4.78, 5) is 25.2. The second-order valence-electron chi connectivity index (χ2n) is 5.02. The second-order valence-corrected chi connectivity index (χ2v) is 5.02. The van der Waals surface area contributed by atoms with Gasteiger partial charge in [-0.2, -0.15) is 0 Å². The molecule has 1 aliphatic rings. The lowest BCUT2D eigenvalue weighted by molar-refractivity contribution is -0.150. The topological polar surface area (TPSA) is 46.6 Å². The molecule has 1 saturated heterocycles. The zero-order valence-corrected chi connectivity index (χ0v) is 11.6. The van der Waals surface area contributed by atoms with E-state index in [2.05, 4.69) is 0 Å². The molecule has 108 valence electrons. The molecular formula is C15H18FNO3. The summed E-state index contributed by atoms with van der Waals surface area (Å²) >= 11 is 0. The van der Waals surface area contributed by atoms with E-state index in [0.29, 0.717) is 24.8 Å². The van der Waals surface area contributed by atoms with Crippen LogP contribution in [0.3, 0.4) is 0 Å². The molecule has 0 saturated carbocycles. The van der Waals surface area contributed by atoms with Crippen molar-refractivity contribution in [1.82, 2.24) is 4.90 Å². The van der Waals surface area contributed by atoms with Gasteiger partial charge in [0.15, 0.2) is 0 Å². The lowest BCUT2D eigenvalue weighted by Gasteiger charge is -2.29. The Labute approximate surface area is 117 Å². The third kappa shape index (κ3) is 2.81. The number of halogens is 1. The van der Waals surface area contributed by atoms with Crippen LogP contribution in [0, 0.1) is 5.82 Å². The number of methoxy groups -OCH3 is 1. The maximum atomic E-state index is 13.7. The third-order valence-electron chi connectivity index (χ3n) is 3.68. The van der Waals surface area contributed by atoms with Crippen molar-refractivity contribution in [1.29, 1.82) is 0 Å². The van der Waals surface area contributed by atoms with E-state index in [1.807, 2.05) is 6.92 Å². The van der Waals surface area contributed by atoms with Crippen molar-refractivity contribution >= 4 is 11.9 Å². The molecule has 1 fully saturated rings. The summed E-state index contributed by atoms with van der Waals surface area (Å²) in [5.41, 5.74) is 0.545. The highest BCUT2D eigenvalue weighted by molar-refractivity contribution is 5.88. The number of hydrogen-bond acceptors (Lipinski definition) is 3. The largest absolute Gasteiger partial charge is 0.467 e. The maximum Gasteiger partial charge on any atom is 0.328 e. The predicted molar refractivity (Wildman–Crippen MR) is 71.5 cm³/mol. The lowest BCUT2D eigenvalue weighted by atomic mass is 10.0. The Balaban J connectivity index is 2.14. The number of rotatable bonds is 4. The van der Waals surface area contributed by atoms with Gasteiger partial charge in [0.25, 0.3) is 0 Å². The summed E-state index contributed by atoms with van der Waals surface area (Å²) in [7, 11) is 1.31. The van der Waals surface area contributed by atoms with Gasteiger partial charge in [-0.15, -0.1) is 0 Å². The molecule has 0 radical (unpaired) electrons. The molecule has 0 aromatic heterocycles. The summed E-state index contributed by atoms with van der Waals surface area (Å²) in [6.45, 7) is 1.82.